The molecular weight excluding hydrogens is 310 g/mol. The van der Waals surface area contributed by atoms with E-state index in [1.807, 2.05) is 27.7 Å². The molecule has 1 rings (SSSR count). The smallest absolute Gasteiger partial charge is 0.407 e. The van der Waals surface area contributed by atoms with Crippen LogP contribution in [0.2, 0.25) is 0 Å². The minimum absolute atomic E-state index is 0.164. The summed E-state index contributed by atoms with van der Waals surface area (Å²) in [5, 5.41) is 7.53. The van der Waals surface area contributed by atoms with Crippen LogP contribution in [0.4, 0.5) is 4.79 Å². The standard InChI is InChI=1S/C17H31N3O2S/c1-8-9-14(10-18-16(21)22-17(5,6)7)19-11(2)15-12(3)23-13(4)20-15/h11,14,19H,8-10H2,1-7H3,(H,18,21). The number of rotatable bonds is 7. The molecule has 0 spiro atoms. The fraction of sp³-hybridized carbons (Fsp3) is 0.765. The molecule has 0 fully saturated rings. The molecule has 23 heavy (non-hydrogen) atoms. The van der Waals surface area contributed by atoms with Gasteiger partial charge < -0.3 is 15.4 Å². The molecule has 0 radical (unpaired) electrons. The van der Waals surface area contributed by atoms with Crippen LogP contribution in [0, 0.1) is 13.8 Å². The van der Waals surface area contributed by atoms with Crippen molar-refractivity contribution in [1.82, 2.24) is 15.6 Å². The molecule has 6 heteroatoms. The van der Waals surface area contributed by atoms with Crippen LogP contribution >= 0.6 is 11.3 Å². The molecule has 0 bridgehead atoms. The molecule has 0 aliphatic rings. The summed E-state index contributed by atoms with van der Waals surface area (Å²) in [4.78, 5) is 17.7. The summed E-state index contributed by atoms with van der Waals surface area (Å²) in [6.07, 6.45) is 1.67. The Morgan fingerprint density at radius 1 is 1.35 bits per heavy atom. The van der Waals surface area contributed by atoms with Crippen molar-refractivity contribution in [3.8, 4) is 0 Å². The highest BCUT2D eigenvalue weighted by Gasteiger charge is 2.20. The number of amides is 1. The Hall–Kier alpha value is -1.14. The van der Waals surface area contributed by atoms with Crippen LogP contribution in [-0.4, -0.2) is 29.3 Å². The number of ether oxygens (including phenoxy) is 1. The Morgan fingerprint density at radius 2 is 2.00 bits per heavy atom. The lowest BCUT2D eigenvalue weighted by molar-refractivity contribution is 0.0521. The third-order valence-electron chi connectivity index (χ3n) is 3.36. The Kier molecular flexibility index (Phi) is 7.48. The summed E-state index contributed by atoms with van der Waals surface area (Å²) < 4.78 is 5.29. The molecule has 5 nitrogen and oxygen atoms in total. The maximum absolute atomic E-state index is 11.8. The number of carbonyl (C=O) groups is 1. The van der Waals surface area contributed by atoms with Gasteiger partial charge in [0.1, 0.15) is 5.60 Å². The summed E-state index contributed by atoms with van der Waals surface area (Å²) in [7, 11) is 0. The molecule has 0 aliphatic carbocycles. The number of nitrogens with one attached hydrogen (secondary N) is 2. The van der Waals surface area contributed by atoms with Gasteiger partial charge in [0.25, 0.3) is 0 Å². The van der Waals surface area contributed by atoms with Crippen molar-refractivity contribution in [3.63, 3.8) is 0 Å². The van der Waals surface area contributed by atoms with Crippen molar-refractivity contribution in [2.75, 3.05) is 6.54 Å². The highest BCUT2D eigenvalue weighted by molar-refractivity contribution is 7.11. The number of carbonyl (C=O) groups excluding carboxylic acids is 1. The van der Waals surface area contributed by atoms with Crippen LogP contribution < -0.4 is 10.6 Å². The van der Waals surface area contributed by atoms with E-state index >= 15 is 0 Å². The Labute approximate surface area is 144 Å². The van der Waals surface area contributed by atoms with E-state index in [2.05, 4.69) is 36.4 Å². The molecule has 0 saturated heterocycles. The predicted octanol–water partition coefficient (Wildman–Crippen LogP) is 4.10. The van der Waals surface area contributed by atoms with Crippen molar-refractivity contribution in [3.05, 3.63) is 15.6 Å². The number of alkyl carbamates (subject to hydrolysis) is 1. The highest BCUT2D eigenvalue weighted by atomic mass is 32.1. The van der Waals surface area contributed by atoms with Gasteiger partial charge in [-0.15, -0.1) is 11.3 Å². The molecule has 1 heterocycles. The van der Waals surface area contributed by atoms with Crippen LogP contribution in [0.15, 0.2) is 0 Å². The number of aromatic nitrogens is 1. The zero-order valence-corrected chi connectivity index (χ0v) is 16.3. The number of nitrogens with zero attached hydrogens (tertiary/aromatic N) is 1. The van der Waals surface area contributed by atoms with Gasteiger partial charge in [-0.1, -0.05) is 13.3 Å². The first-order chi connectivity index (χ1) is 10.6. The van der Waals surface area contributed by atoms with Crippen LogP contribution in [0.1, 0.15) is 69.1 Å². The largest absolute Gasteiger partial charge is 0.444 e. The predicted molar refractivity (Wildman–Crippen MR) is 96.1 cm³/mol. The summed E-state index contributed by atoms with van der Waals surface area (Å²) in [6.45, 7) is 14.5. The fourth-order valence-electron chi connectivity index (χ4n) is 2.49. The van der Waals surface area contributed by atoms with Gasteiger partial charge in [0.15, 0.2) is 0 Å². The van der Waals surface area contributed by atoms with Gasteiger partial charge in [0, 0.05) is 23.5 Å². The van der Waals surface area contributed by atoms with Crippen molar-refractivity contribution in [2.24, 2.45) is 0 Å². The molecular formula is C17H31N3O2S. The van der Waals surface area contributed by atoms with E-state index in [1.54, 1.807) is 11.3 Å². The second-order valence-corrected chi connectivity index (χ2v) is 8.34. The minimum Gasteiger partial charge on any atom is -0.444 e. The second kappa shape index (κ2) is 8.64. The van der Waals surface area contributed by atoms with Crippen molar-refractivity contribution in [2.45, 2.75) is 79.0 Å². The first-order valence-electron chi connectivity index (χ1n) is 8.29. The lowest BCUT2D eigenvalue weighted by Crippen LogP contribution is -2.43. The summed E-state index contributed by atoms with van der Waals surface area (Å²) in [5.41, 5.74) is 0.631. The van der Waals surface area contributed by atoms with Crippen molar-refractivity contribution >= 4 is 17.4 Å². The first-order valence-corrected chi connectivity index (χ1v) is 9.10. The monoisotopic (exact) mass is 341 g/mol. The van der Waals surface area contributed by atoms with E-state index < -0.39 is 5.60 Å². The summed E-state index contributed by atoms with van der Waals surface area (Å²) in [6, 6.07) is 0.362. The quantitative estimate of drug-likeness (QED) is 0.783. The molecule has 1 amide bonds. The average Bonchev–Trinajstić information content (AvgIpc) is 2.73. The molecule has 132 valence electrons. The molecule has 0 aliphatic heterocycles. The average molecular weight is 342 g/mol. The van der Waals surface area contributed by atoms with E-state index in [1.165, 1.54) is 4.88 Å². The van der Waals surface area contributed by atoms with Gasteiger partial charge >= 0.3 is 6.09 Å². The molecule has 2 atom stereocenters. The molecule has 1 aromatic rings. The number of aryl methyl sites for hydroxylation is 2. The van der Waals surface area contributed by atoms with Crippen LogP contribution in [-0.2, 0) is 4.74 Å². The van der Waals surface area contributed by atoms with E-state index in [4.69, 9.17) is 4.74 Å². The molecule has 1 aromatic heterocycles. The van der Waals surface area contributed by atoms with Gasteiger partial charge in [-0.05, 0) is 48.0 Å². The van der Waals surface area contributed by atoms with E-state index in [0.717, 1.165) is 23.5 Å². The Bertz CT molecular complexity index is 508. The third-order valence-corrected chi connectivity index (χ3v) is 4.27. The first kappa shape index (κ1) is 19.9. The molecule has 0 saturated carbocycles. The van der Waals surface area contributed by atoms with Gasteiger partial charge in [0.05, 0.1) is 10.7 Å². The van der Waals surface area contributed by atoms with Gasteiger partial charge in [-0.25, -0.2) is 9.78 Å². The third kappa shape index (κ3) is 7.31. The lowest BCUT2D eigenvalue weighted by Gasteiger charge is -2.24. The molecule has 2 N–H and O–H groups in total. The summed E-state index contributed by atoms with van der Waals surface area (Å²) >= 11 is 1.72. The van der Waals surface area contributed by atoms with Crippen LogP contribution in [0.3, 0.4) is 0 Å². The maximum Gasteiger partial charge on any atom is 0.407 e. The van der Waals surface area contributed by atoms with Gasteiger partial charge in [0.2, 0.25) is 0 Å². The maximum atomic E-state index is 11.8. The highest BCUT2D eigenvalue weighted by Crippen LogP contribution is 2.23. The fourth-order valence-corrected chi connectivity index (χ4v) is 3.41. The van der Waals surface area contributed by atoms with E-state index in [-0.39, 0.29) is 18.2 Å². The number of thiazole rings is 1. The Balaban J connectivity index is 2.57. The number of hydrogen-bond acceptors (Lipinski definition) is 5. The number of hydrogen-bond donors (Lipinski definition) is 2. The van der Waals surface area contributed by atoms with Gasteiger partial charge in [-0.3, -0.25) is 0 Å². The van der Waals surface area contributed by atoms with Crippen molar-refractivity contribution < 1.29 is 9.53 Å². The van der Waals surface area contributed by atoms with E-state index in [9.17, 15) is 4.79 Å². The topological polar surface area (TPSA) is 63.2 Å². The normalized spacial score (nSPS) is 14.4. The lowest BCUT2D eigenvalue weighted by atomic mass is 10.1. The van der Waals surface area contributed by atoms with Gasteiger partial charge in [-0.2, -0.15) is 0 Å². The SMILES string of the molecule is CCCC(CNC(=O)OC(C)(C)C)NC(C)c1nc(C)sc1C. The zero-order valence-electron chi connectivity index (χ0n) is 15.4. The molecule has 0 aromatic carbocycles. The molecule has 2 unspecified atom stereocenters. The van der Waals surface area contributed by atoms with E-state index in [0.29, 0.717) is 6.54 Å². The second-order valence-electron chi connectivity index (χ2n) is 6.93. The minimum atomic E-state index is -0.472. The Morgan fingerprint density at radius 3 is 2.48 bits per heavy atom. The van der Waals surface area contributed by atoms with Crippen LogP contribution in [0.5, 0.6) is 0 Å². The zero-order chi connectivity index (χ0) is 17.6. The van der Waals surface area contributed by atoms with Crippen LogP contribution in [0.25, 0.3) is 0 Å². The summed E-state index contributed by atoms with van der Waals surface area (Å²) in [5.74, 6) is 0. The van der Waals surface area contributed by atoms with Crippen molar-refractivity contribution in [1.29, 1.82) is 0 Å².